The molecule has 0 aromatic carbocycles. The van der Waals surface area contributed by atoms with Gasteiger partial charge in [-0.15, -0.1) is 0 Å². The van der Waals surface area contributed by atoms with Crippen LogP contribution in [0, 0.1) is 0 Å². The minimum absolute atomic E-state index is 0.0646. The second-order valence-electron chi connectivity index (χ2n) is 5.38. The molecule has 0 aliphatic carbocycles. The minimum Gasteiger partial charge on any atom is -0.381 e. The van der Waals surface area contributed by atoms with Crippen LogP contribution in [0.4, 0.5) is 11.5 Å². The third-order valence-electron chi connectivity index (χ3n) is 3.56. The zero-order valence-electron chi connectivity index (χ0n) is 12.6. The molecule has 0 saturated carbocycles. The van der Waals surface area contributed by atoms with E-state index in [2.05, 4.69) is 14.6 Å². The van der Waals surface area contributed by atoms with Crippen LogP contribution in [0.3, 0.4) is 0 Å². The molecule has 2 heterocycles. The number of methoxy groups -OCH3 is 1. The first kappa shape index (κ1) is 16.0. The number of anilines is 2. The maximum absolute atomic E-state index is 12.0. The fraction of sp³-hybridized carbons (Fsp3) is 0.643. The van der Waals surface area contributed by atoms with Gasteiger partial charge >= 0.3 is 0 Å². The van der Waals surface area contributed by atoms with Crippen molar-refractivity contribution in [2.45, 2.75) is 32.3 Å². The Hall–Kier alpha value is -1.34. The Labute approximate surface area is 126 Å². The standard InChI is InChI=1S/C14H23N3O3S/c1-12(20-2)11-21(18,19)16-13-6-7-15-14(10-13)17-8-4-3-5-9-17/h6-7,10,12H,3-5,8-9,11H2,1-2H3,(H,15,16). The molecule has 1 saturated heterocycles. The third-order valence-corrected chi connectivity index (χ3v) is 5.01. The molecular weight excluding hydrogens is 290 g/mol. The van der Waals surface area contributed by atoms with Gasteiger partial charge in [0, 0.05) is 32.5 Å². The van der Waals surface area contributed by atoms with Gasteiger partial charge in [0.05, 0.1) is 17.5 Å². The monoisotopic (exact) mass is 313 g/mol. The molecule has 0 amide bonds. The molecule has 118 valence electrons. The van der Waals surface area contributed by atoms with Crippen LogP contribution in [0.15, 0.2) is 18.3 Å². The Morgan fingerprint density at radius 3 is 2.76 bits per heavy atom. The summed E-state index contributed by atoms with van der Waals surface area (Å²) in [4.78, 5) is 6.53. The molecule has 0 radical (unpaired) electrons. The molecule has 6 nitrogen and oxygen atoms in total. The van der Waals surface area contributed by atoms with E-state index < -0.39 is 10.0 Å². The molecule has 1 N–H and O–H groups in total. The highest BCUT2D eigenvalue weighted by molar-refractivity contribution is 7.92. The van der Waals surface area contributed by atoms with Crippen LogP contribution in [-0.2, 0) is 14.8 Å². The van der Waals surface area contributed by atoms with E-state index in [1.165, 1.54) is 13.5 Å². The summed E-state index contributed by atoms with van der Waals surface area (Å²) >= 11 is 0. The number of nitrogens with zero attached hydrogens (tertiary/aromatic N) is 2. The van der Waals surface area contributed by atoms with E-state index in [1.54, 1.807) is 25.3 Å². The van der Waals surface area contributed by atoms with Gasteiger partial charge in [-0.05, 0) is 32.3 Å². The van der Waals surface area contributed by atoms with Crippen LogP contribution >= 0.6 is 0 Å². The van der Waals surface area contributed by atoms with E-state index in [0.717, 1.165) is 31.7 Å². The number of pyridine rings is 1. The first-order chi connectivity index (χ1) is 10.00. The van der Waals surface area contributed by atoms with Gasteiger partial charge in [-0.25, -0.2) is 13.4 Å². The van der Waals surface area contributed by atoms with Crippen LogP contribution in [-0.4, -0.2) is 45.5 Å². The maximum Gasteiger partial charge on any atom is 0.235 e. The molecular formula is C14H23N3O3S. The average molecular weight is 313 g/mol. The molecule has 2 rings (SSSR count). The molecule has 1 aliphatic rings. The van der Waals surface area contributed by atoms with Crippen LogP contribution in [0.1, 0.15) is 26.2 Å². The Morgan fingerprint density at radius 2 is 2.10 bits per heavy atom. The number of rotatable bonds is 6. The molecule has 21 heavy (non-hydrogen) atoms. The minimum atomic E-state index is -3.41. The summed E-state index contributed by atoms with van der Waals surface area (Å²) in [6.07, 6.45) is 4.86. The van der Waals surface area contributed by atoms with Crippen LogP contribution in [0.2, 0.25) is 0 Å². The van der Waals surface area contributed by atoms with E-state index in [4.69, 9.17) is 4.74 Å². The van der Waals surface area contributed by atoms with E-state index in [0.29, 0.717) is 5.69 Å². The second kappa shape index (κ2) is 7.09. The average Bonchev–Trinajstić information content (AvgIpc) is 2.47. The van der Waals surface area contributed by atoms with Gasteiger partial charge in [0.2, 0.25) is 10.0 Å². The van der Waals surface area contributed by atoms with Crippen molar-refractivity contribution in [1.82, 2.24) is 4.98 Å². The lowest BCUT2D eigenvalue weighted by atomic mass is 10.1. The smallest absolute Gasteiger partial charge is 0.235 e. The van der Waals surface area contributed by atoms with Gasteiger partial charge in [-0.3, -0.25) is 4.72 Å². The van der Waals surface area contributed by atoms with Crippen molar-refractivity contribution >= 4 is 21.5 Å². The van der Waals surface area contributed by atoms with Crippen LogP contribution in [0.25, 0.3) is 0 Å². The first-order valence-electron chi connectivity index (χ1n) is 7.24. The van der Waals surface area contributed by atoms with Gasteiger partial charge in [0.25, 0.3) is 0 Å². The zero-order valence-corrected chi connectivity index (χ0v) is 13.4. The van der Waals surface area contributed by atoms with Crippen molar-refractivity contribution in [3.05, 3.63) is 18.3 Å². The number of sulfonamides is 1. The second-order valence-corrected chi connectivity index (χ2v) is 7.15. The van der Waals surface area contributed by atoms with E-state index in [9.17, 15) is 8.42 Å². The summed E-state index contributed by atoms with van der Waals surface area (Å²) < 4.78 is 31.7. The Kier molecular flexibility index (Phi) is 5.41. The zero-order chi connectivity index (χ0) is 15.3. The normalized spacial score (nSPS) is 17.5. The lowest BCUT2D eigenvalue weighted by Gasteiger charge is -2.27. The van der Waals surface area contributed by atoms with Crippen LogP contribution in [0.5, 0.6) is 0 Å². The topological polar surface area (TPSA) is 71.5 Å². The SMILES string of the molecule is COC(C)CS(=O)(=O)Nc1ccnc(N2CCCCC2)c1. The summed E-state index contributed by atoms with van der Waals surface area (Å²) in [7, 11) is -1.91. The van der Waals surface area contributed by atoms with Crippen molar-refractivity contribution < 1.29 is 13.2 Å². The van der Waals surface area contributed by atoms with Crippen molar-refractivity contribution in [2.75, 3.05) is 35.6 Å². The Bertz CT molecular complexity index is 556. The van der Waals surface area contributed by atoms with Gasteiger partial charge < -0.3 is 9.64 Å². The quantitative estimate of drug-likeness (QED) is 0.868. The molecule has 0 spiro atoms. The number of hydrogen-bond donors (Lipinski definition) is 1. The lowest BCUT2D eigenvalue weighted by molar-refractivity contribution is 0.136. The molecule has 0 bridgehead atoms. The number of nitrogens with one attached hydrogen (secondary N) is 1. The number of piperidine rings is 1. The fourth-order valence-corrected chi connectivity index (χ4v) is 3.70. The van der Waals surface area contributed by atoms with Crippen molar-refractivity contribution in [3.63, 3.8) is 0 Å². The highest BCUT2D eigenvalue weighted by Crippen LogP contribution is 2.21. The van der Waals surface area contributed by atoms with Gasteiger partial charge in [-0.2, -0.15) is 0 Å². The van der Waals surface area contributed by atoms with Gasteiger partial charge in [0.1, 0.15) is 5.82 Å². The molecule has 7 heteroatoms. The van der Waals surface area contributed by atoms with Crippen molar-refractivity contribution in [2.24, 2.45) is 0 Å². The number of ether oxygens (including phenoxy) is 1. The molecule has 1 fully saturated rings. The molecule has 1 aromatic heterocycles. The van der Waals surface area contributed by atoms with Crippen molar-refractivity contribution in [1.29, 1.82) is 0 Å². The maximum atomic E-state index is 12.0. The van der Waals surface area contributed by atoms with E-state index >= 15 is 0 Å². The van der Waals surface area contributed by atoms with Crippen molar-refractivity contribution in [3.8, 4) is 0 Å². The summed E-state index contributed by atoms with van der Waals surface area (Å²) in [5.74, 6) is 0.764. The molecule has 1 atom stereocenters. The number of hydrogen-bond acceptors (Lipinski definition) is 5. The largest absolute Gasteiger partial charge is 0.381 e. The highest BCUT2D eigenvalue weighted by Gasteiger charge is 2.17. The number of aromatic nitrogens is 1. The summed E-state index contributed by atoms with van der Waals surface area (Å²) in [5, 5.41) is 0. The summed E-state index contributed by atoms with van der Waals surface area (Å²) in [6.45, 7) is 3.68. The Morgan fingerprint density at radius 1 is 1.38 bits per heavy atom. The predicted molar refractivity (Wildman–Crippen MR) is 84.2 cm³/mol. The summed E-state index contributed by atoms with van der Waals surface area (Å²) in [6, 6.07) is 3.46. The molecule has 1 aromatic rings. The molecule has 1 unspecified atom stereocenters. The fourth-order valence-electron chi connectivity index (χ4n) is 2.38. The van der Waals surface area contributed by atoms with E-state index in [1.807, 2.05) is 0 Å². The predicted octanol–water partition coefficient (Wildman–Crippen LogP) is 1.85. The Balaban J connectivity index is 2.06. The highest BCUT2D eigenvalue weighted by atomic mass is 32.2. The summed E-state index contributed by atoms with van der Waals surface area (Å²) in [5.41, 5.74) is 0.550. The third kappa shape index (κ3) is 4.86. The van der Waals surface area contributed by atoms with Gasteiger partial charge in [-0.1, -0.05) is 0 Å². The first-order valence-corrected chi connectivity index (χ1v) is 8.90. The molecule has 1 aliphatic heterocycles. The van der Waals surface area contributed by atoms with Crippen LogP contribution < -0.4 is 9.62 Å². The van der Waals surface area contributed by atoms with Gasteiger partial charge in [0.15, 0.2) is 0 Å². The lowest BCUT2D eigenvalue weighted by Crippen LogP contribution is -2.30. The van der Waals surface area contributed by atoms with E-state index in [-0.39, 0.29) is 11.9 Å².